The maximum atomic E-state index is 12.6. The number of piperidine rings is 1. The third kappa shape index (κ3) is 3.34. The molecule has 120 valence electrons. The molecule has 1 aromatic rings. The van der Waals surface area contributed by atoms with Crippen LogP contribution in [0.15, 0.2) is 22.8 Å². The molecule has 3 rings (SSSR count). The smallest absolute Gasteiger partial charge is 0.289 e. The number of nitrogens with zero attached hydrogens (tertiary/aromatic N) is 2. The van der Waals surface area contributed by atoms with Gasteiger partial charge in [0.1, 0.15) is 0 Å². The van der Waals surface area contributed by atoms with E-state index >= 15 is 0 Å². The highest BCUT2D eigenvalue weighted by atomic mass is 16.3. The molecule has 2 fully saturated rings. The van der Waals surface area contributed by atoms with Crippen LogP contribution in [0.2, 0.25) is 0 Å². The van der Waals surface area contributed by atoms with E-state index in [1.807, 2.05) is 4.90 Å². The monoisotopic (exact) mass is 304 g/mol. The molecule has 5 nitrogen and oxygen atoms in total. The van der Waals surface area contributed by atoms with E-state index < -0.39 is 0 Å². The van der Waals surface area contributed by atoms with Crippen LogP contribution in [0.5, 0.6) is 0 Å². The SMILES string of the molecule is O=C(c1ccco1)N1CCC(C(=O)N2CCCCCC2)CC1. The number of rotatable bonds is 2. The highest BCUT2D eigenvalue weighted by Gasteiger charge is 2.31. The van der Waals surface area contributed by atoms with Crippen LogP contribution in [-0.2, 0) is 4.79 Å². The van der Waals surface area contributed by atoms with E-state index in [9.17, 15) is 9.59 Å². The number of hydrogen-bond donors (Lipinski definition) is 0. The van der Waals surface area contributed by atoms with Crippen molar-refractivity contribution in [3.63, 3.8) is 0 Å². The second-order valence-electron chi connectivity index (χ2n) is 6.28. The first kappa shape index (κ1) is 15.1. The molecule has 0 atom stereocenters. The topological polar surface area (TPSA) is 53.8 Å². The van der Waals surface area contributed by atoms with E-state index in [2.05, 4.69) is 0 Å². The van der Waals surface area contributed by atoms with E-state index in [0.29, 0.717) is 24.8 Å². The molecular formula is C17H24N2O3. The molecule has 0 bridgehead atoms. The first-order chi connectivity index (χ1) is 10.8. The number of furan rings is 1. The Bertz CT molecular complexity index is 496. The van der Waals surface area contributed by atoms with Crippen LogP contribution >= 0.6 is 0 Å². The van der Waals surface area contributed by atoms with Crippen molar-refractivity contribution in [2.24, 2.45) is 5.92 Å². The van der Waals surface area contributed by atoms with Crippen molar-refractivity contribution in [3.8, 4) is 0 Å². The summed E-state index contributed by atoms with van der Waals surface area (Å²) >= 11 is 0. The van der Waals surface area contributed by atoms with Crippen molar-refractivity contribution < 1.29 is 14.0 Å². The average molecular weight is 304 g/mol. The molecule has 2 aliphatic heterocycles. The van der Waals surface area contributed by atoms with Gasteiger partial charge in [-0.05, 0) is 37.8 Å². The van der Waals surface area contributed by atoms with Gasteiger partial charge in [0.15, 0.2) is 5.76 Å². The minimum absolute atomic E-state index is 0.0642. The fraction of sp³-hybridized carbons (Fsp3) is 0.647. The Morgan fingerprint density at radius 3 is 2.23 bits per heavy atom. The van der Waals surface area contributed by atoms with Gasteiger partial charge in [0.2, 0.25) is 5.91 Å². The molecule has 5 heteroatoms. The van der Waals surface area contributed by atoms with E-state index in [4.69, 9.17) is 4.42 Å². The van der Waals surface area contributed by atoms with Gasteiger partial charge in [0, 0.05) is 32.1 Å². The molecule has 0 aromatic carbocycles. The molecule has 2 amide bonds. The van der Waals surface area contributed by atoms with Crippen LogP contribution in [0.25, 0.3) is 0 Å². The molecule has 0 aliphatic carbocycles. The van der Waals surface area contributed by atoms with Gasteiger partial charge in [0.25, 0.3) is 5.91 Å². The Kier molecular flexibility index (Phi) is 4.80. The summed E-state index contributed by atoms with van der Waals surface area (Å²) < 4.78 is 5.17. The molecule has 0 saturated carbocycles. The minimum Gasteiger partial charge on any atom is -0.459 e. The van der Waals surface area contributed by atoms with Crippen molar-refractivity contribution >= 4 is 11.8 Å². The van der Waals surface area contributed by atoms with Crippen molar-refractivity contribution in [3.05, 3.63) is 24.2 Å². The number of hydrogen-bond acceptors (Lipinski definition) is 3. The molecule has 1 aromatic heterocycles. The lowest BCUT2D eigenvalue weighted by Gasteiger charge is -2.33. The third-order valence-electron chi connectivity index (χ3n) is 4.78. The van der Waals surface area contributed by atoms with Gasteiger partial charge < -0.3 is 14.2 Å². The Hall–Kier alpha value is -1.78. The maximum absolute atomic E-state index is 12.6. The highest BCUT2D eigenvalue weighted by Crippen LogP contribution is 2.23. The Balaban J connectivity index is 1.52. The Morgan fingerprint density at radius 2 is 1.64 bits per heavy atom. The summed E-state index contributed by atoms with van der Waals surface area (Å²) in [5.74, 6) is 0.703. The first-order valence-corrected chi connectivity index (χ1v) is 8.37. The predicted molar refractivity (Wildman–Crippen MR) is 82.4 cm³/mol. The van der Waals surface area contributed by atoms with E-state index in [1.54, 1.807) is 17.0 Å². The van der Waals surface area contributed by atoms with Gasteiger partial charge in [-0.15, -0.1) is 0 Å². The minimum atomic E-state index is -0.0642. The second kappa shape index (κ2) is 6.99. The average Bonchev–Trinajstić information content (AvgIpc) is 2.96. The van der Waals surface area contributed by atoms with Crippen LogP contribution in [0, 0.1) is 5.92 Å². The lowest BCUT2D eigenvalue weighted by atomic mass is 9.95. The van der Waals surface area contributed by atoms with E-state index in [-0.39, 0.29) is 11.8 Å². The summed E-state index contributed by atoms with van der Waals surface area (Å²) in [6.45, 7) is 3.10. The fourth-order valence-electron chi connectivity index (χ4n) is 3.43. The molecule has 0 unspecified atom stereocenters. The Morgan fingerprint density at radius 1 is 0.955 bits per heavy atom. The molecular weight excluding hydrogens is 280 g/mol. The van der Waals surface area contributed by atoms with Crippen LogP contribution in [0.4, 0.5) is 0 Å². The van der Waals surface area contributed by atoms with Gasteiger partial charge >= 0.3 is 0 Å². The first-order valence-electron chi connectivity index (χ1n) is 8.37. The molecule has 3 heterocycles. The largest absolute Gasteiger partial charge is 0.459 e. The van der Waals surface area contributed by atoms with Crippen molar-refractivity contribution in [2.45, 2.75) is 38.5 Å². The number of carbonyl (C=O) groups is 2. The molecule has 2 aliphatic rings. The molecule has 0 N–H and O–H groups in total. The summed E-state index contributed by atoms with van der Waals surface area (Å²) in [6, 6.07) is 3.42. The van der Waals surface area contributed by atoms with Gasteiger partial charge in [0.05, 0.1) is 6.26 Å². The molecule has 22 heavy (non-hydrogen) atoms. The number of likely N-dealkylation sites (tertiary alicyclic amines) is 2. The molecule has 2 saturated heterocycles. The maximum Gasteiger partial charge on any atom is 0.289 e. The summed E-state index contributed by atoms with van der Waals surface area (Å²) in [5.41, 5.74) is 0. The lowest BCUT2D eigenvalue weighted by molar-refractivity contribution is -0.136. The van der Waals surface area contributed by atoms with E-state index in [0.717, 1.165) is 38.8 Å². The summed E-state index contributed by atoms with van der Waals surface area (Å²) in [7, 11) is 0. The normalized spacial score (nSPS) is 20.7. The fourth-order valence-corrected chi connectivity index (χ4v) is 3.43. The number of carbonyl (C=O) groups excluding carboxylic acids is 2. The highest BCUT2D eigenvalue weighted by molar-refractivity contribution is 5.91. The third-order valence-corrected chi connectivity index (χ3v) is 4.78. The van der Waals surface area contributed by atoms with Gasteiger partial charge in [-0.2, -0.15) is 0 Å². The Labute approximate surface area is 131 Å². The standard InChI is InChI=1S/C17H24N2O3/c20-16(18-9-3-1-2-4-10-18)14-7-11-19(12-8-14)17(21)15-6-5-13-22-15/h5-6,13-14H,1-4,7-12H2. The molecule has 0 radical (unpaired) electrons. The van der Waals surface area contributed by atoms with Gasteiger partial charge in [-0.3, -0.25) is 9.59 Å². The van der Waals surface area contributed by atoms with E-state index in [1.165, 1.54) is 19.1 Å². The second-order valence-corrected chi connectivity index (χ2v) is 6.28. The summed E-state index contributed by atoms with van der Waals surface area (Å²) in [4.78, 5) is 28.7. The zero-order chi connectivity index (χ0) is 15.4. The van der Waals surface area contributed by atoms with Crippen LogP contribution < -0.4 is 0 Å². The van der Waals surface area contributed by atoms with Crippen LogP contribution in [-0.4, -0.2) is 47.8 Å². The predicted octanol–water partition coefficient (Wildman–Crippen LogP) is 2.53. The summed E-state index contributed by atoms with van der Waals surface area (Å²) in [6.07, 6.45) is 7.77. The quantitative estimate of drug-likeness (QED) is 0.843. The van der Waals surface area contributed by atoms with Crippen LogP contribution in [0.3, 0.4) is 0 Å². The van der Waals surface area contributed by atoms with Gasteiger partial charge in [-0.1, -0.05) is 12.8 Å². The zero-order valence-corrected chi connectivity index (χ0v) is 13.0. The van der Waals surface area contributed by atoms with Crippen molar-refractivity contribution in [1.29, 1.82) is 0 Å². The van der Waals surface area contributed by atoms with Crippen LogP contribution in [0.1, 0.15) is 49.1 Å². The lowest BCUT2D eigenvalue weighted by Crippen LogP contribution is -2.44. The molecule has 0 spiro atoms. The van der Waals surface area contributed by atoms with Crippen molar-refractivity contribution in [1.82, 2.24) is 9.80 Å². The van der Waals surface area contributed by atoms with Crippen molar-refractivity contribution in [2.75, 3.05) is 26.2 Å². The van der Waals surface area contributed by atoms with Gasteiger partial charge in [-0.25, -0.2) is 0 Å². The zero-order valence-electron chi connectivity index (χ0n) is 13.0. The number of amides is 2. The summed E-state index contributed by atoms with van der Waals surface area (Å²) in [5, 5.41) is 0.